The van der Waals surface area contributed by atoms with Gasteiger partial charge in [0.2, 0.25) is 0 Å². The first-order valence-corrected chi connectivity index (χ1v) is 10.1. The first-order valence-electron chi connectivity index (χ1n) is 9.73. The molecule has 1 saturated heterocycles. The van der Waals surface area contributed by atoms with Crippen molar-refractivity contribution in [3.8, 4) is 0 Å². The number of carboxylic acids is 1. The van der Waals surface area contributed by atoms with Crippen LogP contribution in [-0.2, 0) is 20.5 Å². The zero-order valence-corrected chi connectivity index (χ0v) is 18.2. The fourth-order valence-corrected chi connectivity index (χ4v) is 3.33. The largest absolute Gasteiger partial charge is 0.494 e. The van der Waals surface area contributed by atoms with Gasteiger partial charge < -0.3 is 19.7 Å². The normalized spacial score (nSPS) is 18.1. The zero-order valence-electron chi connectivity index (χ0n) is 17.4. The van der Waals surface area contributed by atoms with E-state index in [4.69, 9.17) is 20.9 Å². The third-order valence-electron chi connectivity index (χ3n) is 5.67. The lowest BCUT2D eigenvalue weighted by atomic mass is 9.78. The van der Waals surface area contributed by atoms with Crippen molar-refractivity contribution in [1.29, 1.82) is 0 Å². The molecule has 0 radical (unpaired) electrons. The van der Waals surface area contributed by atoms with Crippen molar-refractivity contribution in [2.75, 3.05) is 0 Å². The standard InChI is InChI=1S/C22H25BClNO5/c1-21(2)22(3,4)30-23(29-21)15-11-9-14(10-12-15)13-18(20(27)28)25-19(26)16-7-5-6-8-17(16)24/h5-12,18H,13H2,1-4H3,(H,25,26)(H,27,28)/t18-/m1/s1. The third-order valence-corrected chi connectivity index (χ3v) is 6.00. The minimum Gasteiger partial charge on any atom is -0.480 e. The second-order valence-electron chi connectivity index (χ2n) is 8.38. The molecule has 1 heterocycles. The van der Waals surface area contributed by atoms with Crippen molar-refractivity contribution >= 4 is 36.1 Å². The van der Waals surface area contributed by atoms with Gasteiger partial charge in [0.15, 0.2) is 0 Å². The highest BCUT2D eigenvalue weighted by Gasteiger charge is 2.51. The SMILES string of the molecule is CC1(C)OB(c2ccc(C[C@@H](NC(=O)c3ccccc3Cl)C(=O)O)cc2)OC1(C)C. The number of nitrogens with one attached hydrogen (secondary N) is 1. The Morgan fingerprint density at radius 2 is 1.60 bits per heavy atom. The molecule has 30 heavy (non-hydrogen) atoms. The predicted molar refractivity (Wildman–Crippen MR) is 116 cm³/mol. The number of carbonyl (C=O) groups is 2. The summed E-state index contributed by atoms with van der Waals surface area (Å²) in [6.07, 6.45) is 0.134. The van der Waals surface area contributed by atoms with Crippen LogP contribution in [0.2, 0.25) is 5.02 Å². The molecule has 3 rings (SSSR count). The van der Waals surface area contributed by atoms with Crippen LogP contribution in [0.1, 0.15) is 43.6 Å². The number of hydrogen-bond donors (Lipinski definition) is 2. The van der Waals surface area contributed by atoms with Crippen LogP contribution in [0.25, 0.3) is 0 Å². The number of carboxylic acid groups (broad SMARTS) is 1. The van der Waals surface area contributed by atoms with Crippen molar-refractivity contribution < 1.29 is 24.0 Å². The summed E-state index contributed by atoms with van der Waals surface area (Å²) in [7, 11) is -0.487. The Morgan fingerprint density at radius 1 is 1.03 bits per heavy atom. The lowest BCUT2D eigenvalue weighted by Crippen LogP contribution is -2.42. The molecule has 0 saturated carbocycles. The van der Waals surface area contributed by atoms with E-state index < -0.39 is 36.2 Å². The molecule has 1 atom stereocenters. The van der Waals surface area contributed by atoms with E-state index in [1.165, 1.54) is 0 Å². The van der Waals surface area contributed by atoms with E-state index >= 15 is 0 Å². The summed E-state index contributed by atoms with van der Waals surface area (Å²) in [5, 5.41) is 12.4. The predicted octanol–water partition coefficient (Wildman–Crippen LogP) is 3.06. The average molecular weight is 430 g/mol. The molecule has 2 aromatic rings. The number of benzene rings is 2. The number of halogens is 1. The summed E-state index contributed by atoms with van der Waals surface area (Å²) in [6, 6.07) is 12.8. The molecule has 2 N–H and O–H groups in total. The monoisotopic (exact) mass is 429 g/mol. The highest BCUT2D eigenvalue weighted by molar-refractivity contribution is 6.62. The summed E-state index contributed by atoms with van der Waals surface area (Å²) in [4.78, 5) is 24.1. The minimum atomic E-state index is -1.12. The quantitative estimate of drug-likeness (QED) is 0.689. The van der Waals surface area contributed by atoms with Gasteiger partial charge in [-0.1, -0.05) is 48.0 Å². The highest BCUT2D eigenvalue weighted by atomic mass is 35.5. The van der Waals surface area contributed by atoms with Gasteiger partial charge in [0.1, 0.15) is 6.04 Å². The zero-order chi connectivity index (χ0) is 22.1. The van der Waals surface area contributed by atoms with Gasteiger partial charge >= 0.3 is 13.1 Å². The van der Waals surface area contributed by atoms with Gasteiger partial charge in [-0.3, -0.25) is 4.79 Å². The van der Waals surface area contributed by atoms with Gasteiger partial charge in [-0.15, -0.1) is 0 Å². The molecule has 0 aliphatic carbocycles. The molecule has 6 nitrogen and oxygen atoms in total. The lowest BCUT2D eigenvalue weighted by Gasteiger charge is -2.32. The van der Waals surface area contributed by atoms with Crippen LogP contribution in [0, 0.1) is 0 Å². The Bertz CT molecular complexity index is 929. The fraction of sp³-hybridized carbons (Fsp3) is 0.364. The summed E-state index contributed by atoms with van der Waals surface area (Å²) in [5.41, 5.74) is 0.981. The molecule has 0 unspecified atom stereocenters. The Kier molecular flexibility index (Phi) is 6.27. The van der Waals surface area contributed by atoms with Gasteiger partial charge in [-0.25, -0.2) is 4.79 Å². The summed E-state index contributed by atoms with van der Waals surface area (Å²) in [6.45, 7) is 7.95. The van der Waals surface area contributed by atoms with Gasteiger partial charge in [0.25, 0.3) is 5.91 Å². The smallest absolute Gasteiger partial charge is 0.480 e. The number of hydrogen-bond acceptors (Lipinski definition) is 4. The fourth-order valence-electron chi connectivity index (χ4n) is 3.11. The third kappa shape index (κ3) is 4.69. The first kappa shape index (κ1) is 22.3. The molecule has 1 aliphatic heterocycles. The second-order valence-corrected chi connectivity index (χ2v) is 8.79. The van der Waals surface area contributed by atoms with E-state index in [-0.39, 0.29) is 17.0 Å². The van der Waals surface area contributed by atoms with Crippen LogP contribution in [0.15, 0.2) is 48.5 Å². The van der Waals surface area contributed by atoms with Gasteiger partial charge in [-0.05, 0) is 50.9 Å². The summed E-state index contributed by atoms with van der Waals surface area (Å²) < 4.78 is 12.1. The van der Waals surface area contributed by atoms with Gasteiger partial charge in [-0.2, -0.15) is 0 Å². The molecular weight excluding hydrogens is 405 g/mol. The molecular formula is C22H25BClNO5. The van der Waals surface area contributed by atoms with E-state index in [1.807, 2.05) is 52.0 Å². The molecule has 0 spiro atoms. The molecule has 2 aromatic carbocycles. The number of carbonyl (C=O) groups excluding carboxylic acids is 1. The van der Waals surface area contributed by atoms with Crippen molar-refractivity contribution in [3.63, 3.8) is 0 Å². The van der Waals surface area contributed by atoms with Gasteiger partial charge in [0.05, 0.1) is 21.8 Å². The van der Waals surface area contributed by atoms with E-state index in [0.29, 0.717) is 0 Å². The van der Waals surface area contributed by atoms with E-state index in [9.17, 15) is 14.7 Å². The van der Waals surface area contributed by atoms with E-state index in [2.05, 4.69) is 5.32 Å². The Labute approximate surface area is 181 Å². The minimum absolute atomic E-state index is 0.134. The maximum atomic E-state index is 12.4. The number of rotatable bonds is 6. The van der Waals surface area contributed by atoms with Crippen LogP contribution in [0.3, 0.4) is 0 Å². The molecule has 0 aromatic heterocycles. The van der Waals surface area contributed by atoms with Crippen molar-refractivity contribution in [1.82, 2.24) is 5.32 Å². The molecule has 0 bridgehead atoms. The number of amides is 1. The lowest BCUT2D eigenvalue weighted by molar-refractivity contribution is -0.139. The Hall–Kier alpha value is -2.35. The summed E-state index contributed by atoms with van der Waals surface area (Å²) in [5.74, 6) is -1.65. The Morgan fingerprint density at radius 3 is 2.13 bits per heavy atom. The van der Waals surface area contributed by atoms with Crippen LogP contribution in [0.4, 0.5) is 0 Å². The maximum absolute atomic E-state index is 12.4. The molecule has 1 fully saturated rings. The van der Waals surface area contributed by atoms with Crippen LogP contribution >= 0.6 is 11.6 Å². The molecule has 158 valence electrons. The topological polar surface area (TPSA) is 84.9 Å². The first-order chi connectivity index (χ1) is 14.0. The van der Waals surface area contributed by atoms with E-state index in [1.54, 1.807) is 24.3 Å². The van der Waals surface area contributed by atoms with E-state index in [0.717, 1.165) is 11.0 Å². The van der Waals surface area contributed by atoms with Crippen LogP contribution < -0.4 is 10.8 Å². The van der Waals surface area contributed by atoms with Crippen LogP contribution in [-0.4, -0.2) is 41.3 Å². The second kappa shape index (κ2) is 8.42. The number of aliphatic carboxylic acids is 1. The van der Waals surface area contributed by atoms with Gasteiger partial charge in [0, 0.05) is 6.42 Å². The molecule has 1 amide bonds. The van der Waals surface area contributed by atoms with Crippen molar-refractivity contribution in [2.24, 2.45) is 0 Å². The van der Waals surface area contributed by atoms with Crippen molar-refractivity contribution in [2.45, 2.75) is 51.4 Å². The summed E-state index contributed by atoms with van der Waals surface area (Å²) >= 11 is 6.03. The Balaban J connectivity index is 1.69. The molecule has 8 heteroatoms. The highest BCUT2D eigenvalue weighted by Crippen LogP contribution is 2.36. The molecule has 1 aliphatic rings. The maximum Gasteiger partial charge on any atom is 0.494 e. The van der Waals surface area contributed by atoms with Crippen LogP contribution in [0.5, 0.6) is 0 Å². The average Bonchev–Trinajstić information content (AvgIpc) is 2.89. The van der Waals surface area contributed by atoms with Crippen molar-refractivity contribution in [3.05, 3.63) is 64.7 Å².